The van der Waals surface area contributed by atoms with Crippen molar-refractivity contribution in [2.45, 2.75) is 51.2 Å². The maximum Gasteiger partial charge on any atom is 0.191 e. The van der Waals surface area contributed by atoms with Crippen LogP contribution in [-0.4, -0.2) is 29.8 Å². The van der Waals surface area contributed by atoms with Crippen molar-refractivity contribution < 1.29 is 13.9 Å². The Balaban J connectivity index is 0.00000288. The second kappa shape index (κ2) is 10.1. The summed E-state index contributed by atoms with van der Waals surface area (Å²) in [6, 6.07) is 3.34. The largest absolute Gasteiger partial charge is 0.388 e. The number of hydrogen-bond acceptors (Lipinski definition) is 2. The lowest BCUT2D eigenvalue weighted by Gasteiger charge is -2.32. The van der Waals surface area contributed by atoms with Gasteiger partial charge < -0.3 is 15.7 Å². The number of nitrogens with zero attached hydrogens (tertiary/aromatic N) is 1. The highest BCUT2D eigenvalue weighted by Gasteiger charge is 2.29. The highest BCUT2D eigenvalue weighted by atomic mass is 127. The average Bonchev–Trinajstić information content (AvgIpc) is 2.54. The monoisotopic (exact) mass is 453 g/mol. The molecule has 4 nitrogen and oxygen atoms in total. The van der Waals surface area contributed by atoms with Gasteiger partial charge in [0.05, 0.1) is 12.1 Å². The molecule has 0 spiro atoms. The van der Waals surface area contributed by atoms with Gasteiger partial charge in [0, 0.05) is 18.7 Å². The predicted octanol–water partition coefficient (Wildman–Crippen LogP) is 3.33. The molecule has 1 fully saturated rings. The Kier molecular flexibility index (Phi) is 8.90. The maximum absolute atomic E-state index is 13.6. The van der Waals surface area contributed by atoms with E-state index in [1.807, 2.05) is 6.92 Å². The van der Waals surface area contributed by atoms with Gasteiger partial charge in [0.1, 0.15) is 11.6 Å². The molecule has 1 aliphatic rings. The third kappa shape index (κ3) is 6.51. The van der Waals surface area contributed by atoms with E-state index in [4.69, 9.17) is 0 Å². The Morgan fingerprint density at radius 3 is 2.58 bits per heavy atom. The van der Waals surface area contributed by atoms with Crippen molar-refractivity contribution in [1.29, 1.82) is 0 Å². The van der Waals surface area contributed by atoms with E-state index in [1.54, 1.807) is 0 Å². The molecule has 0 heterocycles. The first-order valence-corrected chi connectivity index (χ1v) is 8.21. The van der Waals surface area contributed by atoms with Gasteiger partial charge in [0.2, 0.25) is 0 Å². The molecule has 24 heavy (non-hydrogen) atoms. The van der Waals surface area contributed by atoms with Gasteiger partial charge >= 0.3 is 0 Å². The molecule has 0 atom stereocenters. The van der Waals surface area contributed by atoms with Crippen molar-refractivity contribution in [3.8, 4) is 0 Å². The maximum atomic E-state index is 13.6. The fourth-order valence-electron chi connectivity index (χ4n) is 2.81. The number of nitrogens with one attached hydrogen (secondary N) is 2. The standard InChI is InChI=1S/C17H25F2N3O.HI/c1-2-20-16(22-12-17(23)8-4-3-5-9-17)21-11-13-10-14(18)6-7-15(13)19;/h6-7,10,23H,2-5,8-9,11-12H2,1H3,(H2,20,21,22);1H. The predicted molar refractivity (Wildman–Crippen MR) is 103 cm³/mol. The van der Waals surface area contributed by atoms with Gasteiger partial charge in [-0.1, -0.05) is 19.3 Å². The minimum absolute atomic E-state index is 0. The smallest absolute Gasteiger partial charge is 0.191 e. The zero-order valence-electron chi connectivity index (χ0n) is 13.9. The summed E-state index contributed by atoms with van der Waals surface area (Å²) >= 11 is 0. The number of aliphatic hydroxyl groups is 1. The van der Waals surface area contributed by atoms with Crippen LogP contribution in [0.1, 0.15) is 44.6 Å². The van der Waals surface area contributed by atoms with E-state index in [-0.39, 0.29) is 36.1 Å². The minimum Gasteiger partial charge on any atom is -0.388 e. The van der Waals surface area contributed by atoms with Crippen molar-refractivity contribution in [2.24, 2.45) is 4.99 Å². The number of hydrogen-bond donors (Lipinski definition) is 3. The van der Waals surface area contributed by atoms with E-state index in [9.17, 15) is 13.9 Å². The number of benzene rings is 1. The Morgan fingerprint density at radius 2 is 1.92 bits per heavy atom. The Hall–Kier alpha value is -0.960. The molecule has 1 aliphatic carbocycles. The Bertz CT molecular complexity index is 549. The van der Waals surface area contributed by atoms with Crippen LogP contribution in [0.3, 0.4) is 0 Å². The summed E-state index contributed by atoms with van der Waals surface area (Å²) < 4.78 is 26.8. The second-order valence-corrected chi connectivity index (χ2v) is 6.07. The highest BCUT2D eigenvalue weighted by molar-refractivity contribution is 14.0. The van der Waals surface area contributed by atoms with Gasteiger partial charge in [0.25, 0.3) is 0 Å². The van der Waals surface area contributed by atoms with Crippen molar-refractivity contribution in [1.82, 2.24) is 10.6 Å². The van der Waals surface area contributed by atoms with Crippen LogP contribution in [0.4, 0.5) is 8.78 Å². The van der Waals surface area contributed by atoms with Crippen molar-refractivity contribution in [3.05, 3.63) is 35.4 Å². The molecule has 1 aromatic rings. The quantitative estimate of drug-likeness (QED) is 0.364. The van der Waals surface area contributed by atoms with E-state index in [2.05, 4.69) is 15.6 Å². The van der Waals surface area contributed by atoms with Gasteiger partial charge in [-0.2, -0.15) is 0 Å². The molecule has 0 aliphatic heterocycles. The van der Waals surface area contributed by atoms with E-state index in [1.165, 1.54) is 0 Å². The van der Waals surface area contributed by atoms with Crippen LogP contribution < -0.4 is 10.6 Å². The summed E-state index contributed by atoms with van der Waals surface area (Å²) in [6.45, 7) is 3.02. The lowest BCUT2D eigenvalue weighted by atomic mass is 9.85. The third-order valence-corrected chi connectivity index (χ3v) is 4.13. The zero-order chi connectivity index (χ0) is 16.7. The van der Waals surface area contributed by atoms with Crippen LogP contribution in [-0.2, 0) is 6.54 Å². The van der Waals surface area contributed by atoms with E-state index >= 15 is 0 Å². The third-order valence-electron chi connectivity index (χ3n) is 4.13. The molecule has 136 valence electrons. The summed E-state index contributed by atoms with van der Waals surface area (Å²) in [6.07, 6.45) is 4.77. The molecular formula is C17H26F2IN3O. The van der Waals surface area contributed by atoms with Gasteiger partial charge in [-0.15, -0.1) is 24.0 Å². The van der Waals surface area contributed by atoms with Crippen LogP contribution in [0.5, 0.6) is 0 Å². The van der Waals surface area contributed by atoms with E-state index in [0.29, 0.717) is 19.0 Å². The SMILES string of the molecule is CCNC(=NCc1cc(F)ccc1F)NCC1(O)CCCCC1.I. The summed E-state index contributed by atoms with van der Waals surface area (Å²) in [5, 5.41) is 16.7. The van der Waals surface area contributed by atoms with Gasteiger partial charge in [-0.3, -0.25) is 0 Å². The molecule has 0 saturated heterocycles. The molecule has 0 unspecified atom stereocenters. The first-order chi connectivity index (χ1) is 11.0. The van der Waals surface area contributed by atoms with Crippen LogP contribution in [0.2, 0.25) is 0 Å². The van der Waals surface area contributed by atoms with E-state index < -0.39 is 17.2 Å². The molecule has 1 aromatic carbocycles. The summed E-state index contributed by atoms with van der Waals surface area (Å²) in [4.78, 5) is 4.28. The van der Waals surface area contributed by atoms with Crippen molar-refractivity contribution in [2.75, 3.05) is 13.1 Å². The van der Waals surface area contributed by atoms with Crippen molar-refractivity contribution >= 4 is 29.9 Å². The molecule has 3 N–H and O–H groups in total. The summed E-state index contributed by atoms with van der Waals surface area (Å²) in [5.74, 6) is -0.460. The second-order valence-electron chi connectivity index (χ2n) is 6.07. The fraction of sp³-hybridized carbons (Fsp3) is 0.588. The molecule has 0 aromatic heterocycles. The topological polar surface area (TPSA) is 56.7 Å². The minimum atomic E-state index is -0.710. The number of aliphatic imine (C=N–C) groups is 1. The van der Waals surface area contributed by atoms with Crippen LogP contribution in [0, 0.1) is 11.6 Å². The normalized spacial score (nSPS) is 17.1. The van der Waals surface area contributed by atoms with Gasteiger partial charge in [-0.25, -0.2) is 13.8 Å². The van der Waals surface area contributed by atoms with Crippen molar-refractivity contribution in [3.63, 3.8) is 0 Å². The Labute approximate surface area is 159 Å². The molecule has 7 heteroatoms. The zero-order valence-corrected chi connectivity index (χ0v) is 16.3. The average molecular weight is 453 g/mol. The van der Waals surface area contributed by atoms with E-state index in [0.717, 1.165) is 50.3 Å². The number of rotatable bonds is 5. The molecule has 0 radical (unpaired) electrons. The van der Waals surface area contributed by atoms with Crippen LogP contribution in [0.15, 0.2) is 23.2 Å². The molecule has 0 bridgehead atoms. The van der Waals surface area contributed by atoms with Gasteiger partial charge in [-0.05, 0) is 38.0 Å². The first-order valence-electron chi connectivity index (χ1n) is 8.21. The first kappa shape index (κ1) is 21.1. The van der Waals surface area contributed by atoms with Crippen LogP contribution >= 0.6 is 24.0 Å². The highest BCUT2D eigenvalue weighted by Crippen LogP contribution is 2.27. The summed E-state index contributed by atoms with van der Waals surface area (Å²) in [5.41, 5.74) is -0.503. The molecule has 2 rings (SSSR count). The fourth-order valence-corrected chi connectivity index (χ4v) is 2.81. The lowest BCUT2D eigenvalue weighted by molar-refractivity contribution is 0.00859. The lowest BCUT2D eigenvalue weighted by Crippen LogP contribution is -2.48. The van der Waals surface area contributed by atoms with Gasteiger partial charge in [0.15, 0.2) is 5.96 Å². The summed E-state index contributed by atoms with van der Waals surface area (Å²) in [7, 11) is 0. The molecular weight excluding hydrogens is 427 g/mol. The number of guanidine groups is 1. The number of halogens is 3. The molecule has 1 saturated carbocycles. The molecule has 0 amide bonds. The Morgan fingerprint density at radius 1 is 1.21 bits per heavy atom. The van der Waals surface area contributed by atoms with Crippen LogP contribution in [0.25, 0.3) is 0 Å².